The molecule has 0 radical (unpaired) electrons. The van der Waals surface area contributed by atoms with Gasteiger partial charge in [0.15, 0.2) is 0 Å². The molecular weight excluding hydrogens is 274 g/mol. The maximum absolute atomic E-state index is 11.3. The zero-order valence-electron chi connectivity index (χ0n) is 12.1. The van der Waals surface area contributed by atoms with Crippen molar-refractivity contribution in [3.05, 3.63) is 28.3 Å². The Labute approximate surface area is 121 Å². The predicted molar refractivity (Wildman–Crippen MR) is 78.7 cm³/mol. The third-order valence-electron chi connectivity index (χ3n) is 2.81. The van der Waals surface area contributed by atoms with Crippen LogP contribution in [0.4, 0.5) is 23.0 Å². The molecule has 2 N–H and O–H groups in total. The van der Waals surface area contributed by atoms with Gasteiger partial charge in [-0.25, -0.2) is 9.97 Å². The number of anilines is 3. The first kappa shape index (κ1) is 14.7. The molecule has 0 amide bonds. The van der Waals surface area contributed by atoms with Crippen molar-refractivity contribution >= 4 is 23.0 Å². The average Bonchev–Trinajstić information content (AvgIpc) is 2.74. The van der Waals surface area contributed by atoms with E-state index in [1.807, 2.05) is 13.8 Å². The summed E-state index contributed by atoms with van der Waals surface area (Å²) in [5.41, 5.74) is 1.23. The molecule has 2 rings (SSSR count). The monoisotopic (exact) mass is 291 g/mol. The van der Waals surface area contributed by atoms with Crippen LogP contribution in [0.25, 0.3) is 0 Å². The molecule has 2 heterocycles. The summed E-state index contributed by atoms with van der Waals surface area (Å²) in [6.45, 7) is 4.38. The Morgan fingerprint density at radius 3 is 2.67 bits per heavy atom. The molecule has 0 aliphatic rings. The predicted octanol–water partition coefficient (Wildman–Crippen LogP) is 1.99. The fourth-order valence-corrected chi connectivity index (χ4v) is 1.87. The van der Waals surface area contributed by atoms with E-state index in [-0.39, 0.29) is 17.3 Å². The molecule has 0 bridgehead atoms. The lowest BCUT2D eigenvalue weighted by molar-refractivity contribution is -0.383. The fraction of sp³-hybridized carbons (Fsp3) is 0.417. The second-order valence-electron chi connectivity index (χ2n) is 4.53. The molecule has 0 aliphatic heterocycles. The lowest BCUT2D eigenvalue weighted by atomic mass is 10.3. The van der Waals surface area contributed by atoms with Gasteiger partial charge in [-0.15, -0.1) is 0 Å². The number of nitrogens with one attached hydrogen (secondary N) is 2. The zero-order valence-corrected chi connectivity index (χ0v) is 12.1. The molecule has 9 nitrogen and oxygen atoms in total. The molecule has 0 saturated heterocycles. The molecule has 2 aromatic rings. The number of aromatic nitrogens is 4. The Balaban J connectivity index is 2.38. The highest BCUT2D eigenvalue weighted by atomic mass is 16.6. The van der Waals surface area contributed by atoms with Crippen molar-refractivity contribution in [3.8, 4) is 0 Å². The van der Waals surface area contributed by atoms with Gasteiger partial charge in [0.25, 0.3) is 0 Å². The molecule has 0 spiro atoms. The van der Waals surface area contributed by atoms with Crippen molar-refractivity contribution in [2.45, 2.75) is 20.3 Å². The van der Waals surface area contributed by atoms with E-state index in [9.17, 15) is 10.1 Å². The third-order valence-corrected chi connectivity index (χ3v) is 2.81. The summed E-state index contributed by atoms with van der Waals surface area (Å²) >= 11 is 0. The van der Waals surface area contributed by atoms with E-state index in [4.69, 9.17) is 0 Å². The van der Waals surface area contributed by atoms with Crippen molar-refractivity contribution in [1.82, 2.24) is 19.7 Å². The van der Waals surface area contributed by atoms with E-state index < -0.39 is 4.92 Å². The van der Waals surface area contributed by atoms with E-state index in [0.29, 0.717) is 12.2 Å². The number of hydrogen-bond acceptors (Lipinski definition) is 7. The van der Waals surface area contributed by atoms with Crippen molar-refractivity contribution in [2.75, 3.05) is 17.2 Å². The minimum absolute atomic E-state index is 0.143. The molecule has 9 heteroatoms. The summed E-state index contributed by atoms with van der Waals surface area (Å²) < 4.78 is 1.63. The highest BCUT2D eigenvalue weighted by molar-refractivity contribution is 5.74. The van der Waals surface area contributed by atoms with Crippen LogP contribution >= 0.6 is 0 Å². The maximum Gasteiger partial charge on any atom is 0.353 e. The Morgan fingerprint density at radius 1 is 1.38 bits per heavy atom. The van der Waals surface area contributed by atoms with E-state index in [1.165, 1.54) is 6.33 Å². The van der Waals surface area contributed by atoms with Gasteiger partial charge in [-0.1, -0.05) is 6.92 Å². The highest BCUT2D eigenvalue weighted by Gasteiger charge is 2.23. The summed E-state index contributed by atoms with van der Waals surface area (Å²) in [4.78, 5) is 18.7. The Hall–Kier alpha value is -2.71. The Morgan fingerprint density at radius 2 is 2.10 bits per heavy atom. The van der Waals surface area contributed by atoms with Crippen LogP contribution < -0.4 is 10.6 Å². The van der Waals surface area contributed by atoms with E-state index in [1.54, 1.807) is 17.9 Å². The first-order valence-electron chi connectivity index (χ1n) is 6.53. The first-order chi connectivity index (χ1) is 10.0. The number of nitrogens with zero attached hydrogens (tertiary/aromatic N) is 5. The molecule has 0 aliphatic carbocycles. The first-order valence-corrected chi connectivity index (χ1v) is 6.53. The minimum atomic E-state index is -0.494. The van der Waals surface area contributed by atoms with Crippen molar-refractivity contribution < 1.29 is 4.92 Å². The van der Waals surface area contributed by atoms with Gasteiger partial charge in [0.05, 0.1) is 16.3 Å². The lowest BCUT2D eigenvalue weighted by Crippen LogP contribution is -2.08. The number of rotatable bonds is 6. The molecule has 0 atom stereocenters. The van der Waals surface area contributed by atoms with Crippen LogP contribution in [0, 0.1) is 17.0 Å². The lowest BCUT2D eigenvalue weighted by Gasteiger charge is -2.08. The van der Waals surface area contributed by atoms with Gasteiger partial charge in [-0.3, -0.25) is 14.8 Å². The van der Waals surface area contributed by atoms with Crippen molar-refractivity contribution in [2.24, 2.45) is 7.05 Å². The van der Waals surface area contributed by atoms with E-state index in [0.717, 1.165) is 12.1 Å². The fourth-order valence-electron chi connectivity index (χ4n) is 1.87. The Bertz CT molecular complexity index is 653. The molecule has 112 valence electrons. The van der Waals surface area contributed by atoms with Gasteiger partial charge in [0.1, 0.15) is 6.33 Å². The van der Waals surface area contributed by atoms with Crippen molar-refractivity contribution in [1.29, 1.82) is 0 Å². The molecule has 0 saturated carbocycles. The quantitative estimate of drug-likeness (QED) is 0.618. The van der Waals surface area contributed by atoms with Gasteiger partial charge in [0.2, 0.25) is 11.6 Å². The minimum Gasteiger partial charge on any atom is -0.364 e. The van der Waals surface area contributed by atoms with Crippen LogP contribution in [0.15, 0.2) is 12.5 Å². The van der Waals surface area contributed by atoms with Gasteiger partial charge >= 0.3 is 5.69 Å². The second-order valence-corrected chi connectivity index (χ2v) is 4.53. The summed E-state index contributed by atoms with van der Waals surface area (Å²) in [7, 11) is 1.78. The molecule has 21 heavy (non-hydrogen) atoms. The van der Waals surface area contributed by atoms with Crippen LogP contribution in [0.5, 0.6) is 0 Å². The van der Waals surface area contributed by atoms with Crippen LogP contribution in [-0.2, 0) is 7.05 Å². The average molecular weight is 291 g/mol. The third kappa shape index (κ3) is 3.25. The van der Waals surface area contributed by atoms with Crippen LogP contribution in [0.3, 0.4) is 0 Å². The second kappa shape index (κ2) is 6.16. The number of nitro groups is 1. The summed E-state index contributed by atoms with van der Waals surface area (Å²) in [6, 6.07) is 0. The van der Waals surface area contributed by atoms with Gasteiger partial charge in [0, 0.05) is 19.8 Å². The molecule has 2 aromatic heterocycles. The molecule has 0 aromatic carbocycles. The van der Waals surface area contributed by atoms with Gasteiger partial charge in [-0.2, -0.15) is 5.10 Å². The highest BCUT2D eigenvalue weighted by Crippen LogP contribution is 2.31. The van der Waals surface area contributed by atoms with Crippen LogP contribution in [-0.4, -0.2) is 31.2 Å². The van der Waals surface area contributed by atoms with Crippen molar-refractivity contribution in [3.63, 3.8) is 0 Å². The number of aryl methyl sites for hydroxylation is 2. The topological polar surface area (TPSA) is 111 Å². The molecule has 0 fully saturated rings. The zero-order chi connectivity index (χ0) is 15.4. The number of hydrogen-bond donors (Lipinski definition) is 2. The Kier molecular flexibility index (Phi) is 4.31. The van der Waals surface area contributed by atoms with Gasteiger partial charge in [-0.05, 0) is 13.3 Å². The molecular formula is C12H17N7O2. The summed E-state index contributed by atoms with van der Waals surface area (Å²) in [5, 5.41) is 21.4. The standard InChI is InChI=1S/C12H17N7O2/c1-4-5-13-11-10(19(20)21)12(15-7-14-11)16-9-6-18(3)17-8(9)2/h6-7H,4-5H2,1-3H3,(H2,13,14,15,16). The maximum atomic E-state index is 11.3. The van der Waals surface area contributed by atoms with E-state index in [2.05, 4.69) is 25.7 Å². The van der Waals surface area contributed by atoms with Gasteiger partial charge < -0.3 is 10.6 Å². The SMILES string of the molecule is CCCNc1ncnc(Nc2cn(C)nc2C)c1[N+](=O)[O-]. The summed E-state index contributed by atoms with van der Waals surface area (Å²) in [5.74, 6) is 0.352. The molecule has 0 unspecified atom stereocenters. The summed E-state index contributed by atoms with van der Waals surface area (Å²) in [6.07, 6.45) is 3.87. The largest absolute Gasteiger partial charge is 0.364 e. The van der Waals surface area contributed by atoms with E-state index >= 15 is 0 Å². The van der Waals surface area contributed by atoms with Crippen LogP contribution in [0.1, 0.15) is 19.0 Å². The smallest absolute Gasteiger partial charge is 0.353 e. The van der Waals surface area contributed by atoms with Crippen LogP contribution in [0.2, 0.25) is 0 Å². The normalized spacial score (nSPS) is 10.4.